The molecule has 2 rings (SSSR count). The minimum atomic E-state index is -0.0591. The number of phenols is 1. The molecule has 1 unspecified atom stereocenters. The first-order valence-corrected chi connectivity index (χ1v) is 6.99. The van der Waals surface area contributed by atoms with E-state index in [9.17, 15) is 4.79 Å². The highest BCUT2D eigenvalue weighted by Gasteiger charge is 2.15. The molecule has 0 radical (unpaired) electrons. The van der Waals surface area contributed by atoms with Gasteiger partial charge in [-0.3, -0.25) is 4.79 Å². The number of carbonyl (C=O) groups is 1. The van der Waals surface area contributed by atoms with Gasteiger partial charge in [-0.2, -0.15) is 11.8 Å². The summed E-state index contributed by atoms with van der Waals surface area (Å²) < 4.78 is 0. The van der Waals surface area contributed by atoms with Crippen molar-refractivity contribution in [3.8, 4) is 5.75 Å². The van der Waals surface area contributed by atoms with Crippen molar-refractivity contribution in [1.82, 2.24) is 5.32 Å². The van der Waals surface area contributed by atoms with Crippen LogP contribution in [0, 0.1) is 0 Å². The molecule has 1 aromatic carbocycles. The molecule has 0 bridgehead atoms. The van der Waals surface area contributed by atoms with E-state index >= 15 is 0 Å². The highest BCUT2D eigenvalue weighted by Crippen LogP contribution is 2.24. The number of rotatable bonds is 3. The van der Waals surface area contributed by atoms with Crippen LogP contribution in [0.2, 0.25) is 0 Å². The number of thioether (sulfide) groups is 1. The van der Waals surface area contributed by atoms with Crippen molar-refractivity contribution in [3.05, 3.63) is 29.8 Å². The molecule has 1 saturated heterocycles. The molecule has 4 heteroatoms. The van der Waals surface area contributed by atoms with E-state index in [2.05, 4.69) is 5.32 Å². The average molecular weight is 251 g/mol. The lowest BCUT2D eigenvalue weighted by Gasteiger charge is -2.21. The number of phenolic OH excluding ortho intramolecular Hbond substituents is 1. The maximum absolute atomic E-state index is 11.8. The molecule has 92 valence electrons. The third-order valence-electron chi connectivity index (χ3n) is 2.89. The summed E-state index contributed by atoms with van der Waals surface area (Å²) in [5, 5.41) is 12.6. The zero-order valence-electron chi connectivity index (χ0n) is 9.69. The van der Waals surface area contributed by atoms with Gasteiger partial charge in [0.2, 0.25) is 0 Å². The van der Waals surface area contributed by atoms with Crippen LogP contribution in [0.15, 0.2) is 24.3 Å². The molecule has 1 fully saturated rings. The first-order chi connectivity index (χ1) is 8.25. The largest absolute Gasteiger partial charge is 0.508 e. The predicted octanol–water partition coefficient (Wildman–Crippen LogP) is 2.41. The molecule has 1 heterocycles. The summed E-state index contributed by atoms with van der Waals surface area (Å²) in [5.41, 5.74) is 0.601. The van der Waals surface area contributed by atoms with Crippen LogP contribution in [0.1, 0.15) is 29.6 Å². The summed E-state index contributed by atoms with van der Waals surface area (Å²) in [7, 11) is 0. The van der Waals surface area contributed by atoms with E-state index in [-0.39, 0.29) is 11.7 Å². The predicted molar refractivity (Wildman–Crippen MR) is 70.5 cm³/mol. The number of hydrogen-bond acceptors (Lipinski definition) is 3. The average Bonchev–Trinajstić information content (AvgIpc) is 2.38. The van der Waals surface area contributed by atoms with Crippen LogP contribution in [0.4, 0.5) is 0 Å². The fraction of sp³-hybridized carbons (Fsp3) is 0.462. The lowest BCUT2D eigenvalue weighted by atomic mass is 10.1. The van der Waals surface area contributed by atoms with Gasteiger partial charge in [-0.15, -0.1) is 0 Å². The van der Waals surface area contributed by atoms with E-state index in [1.807, 2.05) is 11.8 Å². The minimum Gasteiger partial charge on any atom is -0.508 e. The van der Waals surface area contributed by atoms with E-state index in [0.717, 1.165) is 6.54 Å². The smallest absolute Gasteiger partial charge is 0.251 e. The van der Waals surface area contributed by atoms with Crippen LogP contribution >= 0.6 is 11.8 Å². The molecule has 1 aromatic rings. The van der Waals surface area contributed by atoms with E-state index in [4.69, 9.17) is 5.11 Å². The summed E-state index contributed by atoms with van der Waals surface area (Å²) in [5.74, 6) is 1.33. The fourth-order valence-corrected chi connectivity index (χ4v) is 3.13. The van der Waals surface area contributed by atoms with Crippen molar-refractivity contribution in [1.29, 1.82) is 0 Å². The van der Waals surface area contributed by atoms with Gasteiger partial charge < -0.3 is 10.4 Å². The highest BCUT2D eigenvalue weighted by molar-refractivity contribution is 7.99. The summed E-state index contributed by atoms with van der Waals surface area (Å²) in [6.45, 7) is 0.740. The number of aromatic hydroxyl groups is 1. The van der Waals surface area contributed by atoms with Crippen molar-refractivity contribution in [2.45, 2.75) is 24.5 Å². The van der Waals surface area contributed by atoms with E-state index in [1.165, 1.54) is 37.1 Å². The molecule has 2 N–H and O–H groups in total. The third-order valence-corrected chi connectivity index (χ3v) is 4.29. The highest BCUT2D eigenvalue weighted by atomic mass is 32.2. The topological polar surface area (TPSA) is 49.3 Å². The van der Waals surface area contributed by atoms with Gasteiger partial charge in [0, 0.05) is 17.4 Å². The number of hydrogen-bond donors (Lipinski definition) is 2. The van der Waals surface area contributed by atoms with Crippen LogP contribution in [0.3, 0.4) is 0 Å². The normalized spacial score (nSPS) is 19.9. The first kappa shape index (κ1) is 12.3. The molecule has 1 atom stereocenters. The Morgan fingerprint density at radius 3 is 2.76 bits per heavy atom. The lowest BCUT2D eigenvalue weighted by molar-refractivity contribution is 0.0953. The van der Waals surface area contributed by atoms with Crippen LogP contribution in [-0.2, 0) is 0 Å². The second kappa shape index (κ2) is 5.96. The Bertz CT molecular complexity index is 372. The molecule has 0 saturated carbocycles. The summed E-state index contributed by atoms with van der Waals surface area (Å²) in [6, 6.07) is 6.34. The number of nitrogens with one attached hydrogen (secondary N) is 1. The lowest BCUT2D eigenvalue weighted by Crippen LogP contribution is -2.31. The van der Waals surface area contributed by atoms with E-state index < -0.39 is 0 Å². The SMILES string of the molecule is O=C(NCC1CCCCS1)c1ccc(O)cc1. The number of carbonyl (C=O) groups excluding carboxylic acids is 1. The minimum absolute atomic E-state index is 0.0591. The second-order valence-electron chi connectivity index (χ2n) is 4.25. The number of benzene rings is 1. The molecule has 0 aromatic heterocycles. The maximum atomic E-state index is 11.8. The Morgan fingerprint density at radius 1 is 1.35 bits per heavy atom. The third kappa shape index (κ3) is 3.66. The van der Waals surface area contributed by atoms with Crippen molar-refractivity contribution < 1.29 is 9.90 Å². The maximum Gasteiger partial charge on any atom is 0.251 e. The van der Waals surface area contributed by atoms with Gasteiger partial charge in [0.1, 0.15) is 5.75 Å². The fourth-order valence-electron chi connectivity index (χ4n) is 1.89. The molecule has 1 aliphatic rings. The van der Waals surface area contributed by atoms with Crippen molar-refractivity contribution in [2.75, 3.05) is 12.3 Å². The summed E-state index contributed by atoms with van der Waals surface area (Å²) in [6.07, 6.45) is 3.76. The Kier molecular flexibility index (Phi) is 4.31. The summed E-state index contributed by atoms with van der Waals surface area (Å²) >= 11 is 1.95. The molecular formula is C13H17NO2S. The number of amides is 1. The zero-order chi connectivity index (χ0) is 12.1. The van der Waals surface area contributed by atoms with Crippen molar-refractivity contribution in [3.63, 3.8) is 0 Å². The van der Waals surface area contributed by atoms with Crippen LogP contribution in [-0.4, -0.2) is 28.6 Å². The summed E-state index contributed by atoms with van der Waals surface area (Å²) in [4.78, 5) is 11.8. The second-order valence-corrected chi connectivity index (χ2v) is 5.65. The quantitative estimate of drug-likeness (QED) is 0.867. The van der Waals surface area contributed by atoms with E-state index in [1.54, 1.807) is 12.1 Å². The van der Waals surface area contributed by atoms with Gasteiger partial charge in [-0.1, -0.05) is 6.42 Å². The van der Waals surface area contributed by atoms with Gasteiger partial charge in [-0.25, -0.2) is 0 Å². The molecule has 3 nitrogen and oxygen atoms in total. The van der Waals surface area contributed by atoms with Gasteiger partial charge in [0.25, 0.3) is 5.91 Å². The molecule has 1 aliphatic heterocycles. The molecule has 0 aliphatic carbocycles. The van der Waals surface area contributed by atoms with Crippen molar-refractivity contribution in [2.24, 2.45) is 0 Å². The van der Waals surface area contributed by atoms with Crippen LogP contribution in [0.25, 0.3) is 0 Å². The monoisotopic (exact) mass is 251 g/mol. The molecule has 0 spiro atoms. The van der Waals surface area contributed by atoms with Gasteiger partial charge in [0.15, 0.2) is 0 Å². The molecule has 1 amide bonds. The van der Waals surface area contributed by atoms with Crippen LogP contribution < -0.4 is 5.32 Å². The van der Waals surface area contributed by atoms with Gasteiger partial charge in [-0.05, 0) is 42.9 Å². The Hall–Kier alpha value is -1.16. The molecular weight excluding hydrogens is 234 g/mol. The van der Waals surface area contributed by atoms with Crippen LogP contribution in [0.5, 0.6) is 5.75 Å². The van der Waals surface area contributed by atoms with E-state index in [0.29, 0.717) is 10.8 Å². The standard InChI is InChI=1S/C13H17NO2S/c15-11-6-4-10(5-7-11)13(16)14-9-12-3-1-2-8-17-12/h4-7,12,15H,1-3,8-9H2,(H,14,16). The van der Waals surface area contributed by atoms with Crippen molar-refractivity contribution >= 4 is 17.7 Å². The molecule has 17 heavy (non-hydrogen) atoms. The van der Waals surface area contributed by atoms with Gasteiger partial charge >= 0.3 is 0 Å². The Morgan fingerprint density at radius 2 is 2.12 bits per heavy atom. The Balaban J connectivity index is 1.82. The van der Waals surface area contributed by atoms with Gasteiger partial charge in [0.05, 0.1) is 0 Å². The first-order valence-electron chi connectivity index (χ1n) is 5.94. The Labute approximate surface area is 106 Å². The zero-order valence-corrected chi connectivity index (χ0v) is 10.5.